The lowest BCUT2D eigenvalue weighted by molar-refractivity contribution is -0.143. The number of hydrogen-bond donors (Lipinski definition) is 0. The monoisotopic (exact) mass is 274 g/mol. The van der Waals surface area contributed by atoms with E-state index in [0.29, 0.717) is 30.8 Å². The first-order chi connectivity index (χ1) is 8.82. The Labute approximate surface area is 114 Å². The van der Waals surface area contributed by atoms with Gasteiger partial charge in [0.05, 0.1) is 19.3 Å². The number of ether oxygens (including phenoxy) is 2. The van der Waals surface area contributed by atoms with Crippen LogP contribution in [0.2, 0.25) is 0 Å². The number of esters is 2. The van der Waals surface area contributed by atoms with E-state index in [2.05, 4.69) is 4.74 Å². The highest BCUT2D eigenvalue weighted by atomic mass is 19.1. The average Bonchev–Trinajstić information content (AvgIpc) is 2.27. The molecular weight excluding hydrogens is 251 g/mol. The first kappa shape index (κ1) is 17.6. The van der Waals surface area contributed by atoms with Gasteiger partial charge in [-0.15, -0.1) is 0 Å². The van der Waals surface area contributed by atoms with Gasteiger partial charge in [0.25, 0.3) is 0 Å². The molecule has 0 aromatic carbocycles. The van der Waals surface area contributed by atoms with Crippen molar-refractivity contribution in [3.05, 3.63) is 11.9 Å². The van der Waals surface area contributed by atoms with Gasteiger partial charge in [0.15, 0.2) is 0 Å². The predicted molar refractivity (Wildman–Crippen MR) is 70.0 cm³/mol. The van der Waals surface area contributed by atoms with E-state index >= 15 is 0 Å². The summed E-state index contributed by atoms with van der Waals surface area (Å²) < 4.78 is 22.7. The van der Waals surface area contributed by atoms with E-state index in [0.717, 1.165) is 0 Å². The maximum Gasteiger partial charge on any atom is 0.367 e. The molecule has 0 radical (unpaired) electrons. The van der Waals surface area contributed by atoms with Crippen molar-refractivity contribution in [2.75, 3.05) is 13.2 Å². The Balaban J connectivity index is 4.01. The second-order valence-corrected chi connectivity index (χ2v) is 5.16. The zero-order valence-electron chi connectivity index (χ0n) is 12.1. The summed E-state index contributed by atoms with van der Waals surface area (Å²) in [6, 6.07) is 0. The summed E-state index contributed by atoms with van der Waals surface area (Å²) in [4.78, 5) is 22.3. The van der Waals surface area contributed by atoms with Crippen molar-refractivity contribution < 1.29 is 23.5 Å². The van der Waals surface area contributed by atoms with Crippen molar-refractivity contribution in [3.8, 4) is 0 Å². The minimum absolute atomic E-state index is 0.139. The highest BCUT2D eigenvalue weighted by molar-refractivity contribution is 5.94. The molecule has 0 spiro atoms. The van der Waals surface area contributed by atoms with Crippen LogP contribution in [0.3, 0.4) is 0 Å². The minimum Gasteiger partial charge on any atom is -0.462 e. The summed E-state index contributed by atoms with van der Waals surface area (Å²) in [5.74, 6) is -2.46. The Bertz CT molecular complexity index is 321. The lowest BCUT2D eigenvalue weighted by atomic mass is 10.1. The van der Waals surface area contributed by atoms with Crippen LogP contribution in [0.4, 0.5) is 4.39 Å². The lowest BCUT2D eigenvalue weighted by Crippen LogP contribution is -2.11. The standard InChI is InChI=1S/C14H23FO4/c1-10(2)5-7-18-13(16)9-12(15)14(17)19-8-6-11(3)4/h9-11H,5-8H2,1-4H3/b12-9+. The van der Waals surface area contributed by atoms with Gasteiger partial charge >= 0.3 is 11.9 Å². The number of hydrogen-bond acceptors (Lipinski definition) is 4. The van der Waals surface area contributed by atoms with Gasteiger partial charge in [0.1, 0.15) is 0 Å². The normalized spacial score (nSPS) is 11.8. The average molecular weight is 274 g/mol. The van der Waals surface area contributed by atoms with E-state index in [9.17, 15) is 14.0 Å². The molecule has 0 saturated carbocycles. The van der Waals surface area contributed by atoms with E-state index in [4.69, 9.17) is 4.74 Å². The molecule has 0 fully saturated rings. The van der Waals surface area contributed by atoms with Gasteiger partial charge in [-0.25, -0.2) is 9.59 Å². The molecule has 5 heteroatoms. The number of halogens is 1. The van der Waals surface area contributed by atoms with Crippen molar-refractivity contribution in [2.24, 2.45) is 11.8 Å². The van der Waals surface area contributed by atoms with E-state index in [1.54, 1.807) is 0 Å². The summed E-state index contributed by atoms with van der Waals surface area (Å²) in [6.45, 7) is 8.24. The second-order valence-electron chi connectivity index (χ2n) is 5.16. The smallest absolute Gasteiger partial charge is 0.367 e. The van der Waals surface area contributed by atoms with Gasteiger partial charge in [-0.05, 0) is 24.7 Å². The molecule has 0 rings (SSSR count). The summed E-state index contributed by atoms with van der Waals surface area (Å²) in [7, 11) is 0. The van der Waals surface area contributed by atoms with Crippen LogP contribution in [0.5, 0.6) is 0 Å². The summed E-state index contributed by atoms with van der Waals surface area (Å²) in [5.41, 5.74) is 0. The molecule has 0 N–H and O–H groups in total. The third-order valence-electron chi connectivity index (χ3n) is 2.31. The van der Waals surface area contributed by atoms with E-state index < -0.39 is 17.8 Å². The summed E-state index contributed by atoms with van der Waals surface area (Å²) in [5, 5.41) is 0. The Morgan fingerprint density at radius 1 is 1.00 bits per heavy atom. The van der Waals surface area contributed by atoms with Crippen LogP contribution in [0.15, 0.2) is 11.9 Å². The van der Waals surface area contributed by atoms with Crippen molar-refractivity contribution in [3.63, 3.8) is 0 Å². The zero-order chi connectivity index (χ0) is 14.8. The van der Waals surface area contributed by atoms with Crippen LogP contribution in [-0.2, 0) is 19.1 Å². The van der Waals surface area contributed by atoms with Crippen molar-refractivity contribution in [1.82, 2.24) is 0 Å². The molecule has 0 aromatic rings. The largest absolute Gasteiger partial charge is 0.462 e. The number of rotatable bonds is 8. The van der Waals surface area contributed by atoms with E-state index in [1.807, 2.05) is 27.7 Å². The molecule has 0 unspecified atom stereocenters. The molecule has 0 aliphatic heterocycles. The quantitative estimate of drug-likeness (QED) is 0.504. The molecule has 0 bridgehead atoms. The summed E-state index contributed by atoms with van der Waals surface area (Å²) >= 11 is 0. The van der Waals surface area contributed by atoms with Gasteiger partial charge in [-0.3, -0.25) is 0 Å². The van der Waals surface area contributed by atoms with Crippen LogP contribution in [0.1, 0.15) is 40.5 Å². The first-order valence-corrected chi connectivity index (χ1v) is 6.54. The van der Waals surface area contributed by atoms with Crippen LogP contribution in [-0.4, -0.2) is 25.2 Å². The van der Waals surface area contributed by atoms with Crippen molar-refractivity contribution >= 4 is 11.9 Å². The van der Waals surface area contributed by atoms with Gasteiger partial charge in [0.2, 0.25) is 5.83 Å². The van der Waals surface area contributed by atoms with Crippen molar-refractivity contribution in [2.45, 2.75) is 40.5 Å². The minimum atomic E-state index is -1.22. The third kappa shape index (κ3) is 10.2. The molecule has 0 aliphatic carbocycles. The Kier molecular flexibility index (Phi) is 8.83. The fourth-order valence-electron chi connectivity index (χ4n) is 1.06. The van der Waals surface area contributed by atoms with Gasteiger partial charge in [0, 0.05) is 0 Å². The van der Waals surface area contributed by atoms with E-state index in [1.165, 1.54) is 0 Å². The first-order valence-electron chi connectivity index (χ1n) is 6.54. The molecule has 0 saturated heterocycles. The predicted octanol–water partition coefficient (Wildman–Crippen LogP) is 3.02. The van der Waals surface area contributed by atoms with E-state index in [-0.39, 0.29) is 13.2 Å². The number of carbonyl (C=O) groups is 2. The van der Waals surface area contributed by atoms with Gasteiger partial charge in [-0.2, -0.15) is 4.39 Å². The molecular formula is C14H23FO4. The highest BCUT2D eigenvalue weighted by Crippen LogP contribution is 2.05. The highest BCUT2D eigenvalue weighted by Gasteiger charge is 2.13. The number of carbonyl (C=O) groups excluding carboxylic acids is 2. The third-order valence-corrected chi connectivity index (χ3v) is 2.31. The maximum absolute atomic E-state index is 13.2. The van der Waals surface area contributed by atoms with Gasteiger partial charge < -0.3 is 9.47 Å². The molecule has 0 aliphatic rings. The molecule has 0 atom stereocenters. The topological polar surface area (TPSA) is 52.6 Å². The molecule has 110 valence electrons. The molecule has 0 amide bonds. The van der Waals surface area contributed by atoms with Crippen LogP contribution in [0.25, 0.3) is 0 Å². The molecule has 19 heavy (non-hydrogen) atoms. The molecule has 0 heterocycles. The summed E-state index contributed by atoms with van der Waals surface area (Å²) in [6.07, 6.45) is 1.87. The fraction of sp³-hybridized carbons (Fsp3) is 0.714. The fourth-order valence-corrected chi connectivity index (χ4v) is 1.06. The van der Waals surface area contributed by atoms with Crippen LogP contribution >= 0.6 is 0 Å². The Morgan fingerprint density at radius 2 is 1.47 bits per heavy atom. The van der Waals surface area contributed by atoms with Crippen LogP contribution < -0.4 is 0 Å². The van der Waals surface area contributed by atoms with Crippen LogP contribution in [0, 0.1) is 11.8 Å². The lowest BCUT2D eigenvalue weighted by Gasteiger charge is -2.06. The maximum atomic E-state index is 13.2. The second kappa shape index (κ2) is 9.53. The zero-order valence-corrected chi connectivity index (χ0v) is 12.1. The Morgan fingerprint density at radius 3 is 1.95 bits per heavy atom. The molecule has 0 aromatic heterocycles. The molecule has 4 nitrogen and oxygen atoms in total. The van der Waals surface area contributed by atoms with Gasteiger partial charge in [-0.1, -0.05) is 27.7 Å². The van der Waals surface area contributed by atoms with Crippen molar-refractivity contribution in [1.29, 1.82) is 0 Å². The Hall–Kier alpha value is -1.39. The SMILES string of the molecule is CC(C)CCOC(=O)/C=C(/F)C(=O)OCCC(C)C.